The molecule has 1 unspecified atom stereocenters. The fourth-order valence-electron chi connectivity index (χ4n) is 14.7. The maximum atomic E-state index is 13.9. The number of aromatic nitrogens is 8. The maximum Gasteiger partial charge on any atom is 0.335 e. The summed E-state index contributed by atoms with van der Waals surface area (Å²) in [7, 11) is 0. The Balaban J connectivity index is 0.000000205. The fraction of sp³-hybridized carbons (Fsp3) is 0.603. The number of alkyl halides is 5. The zero-order chi connectivity index (χ0) is 86.7. The molecule has 0 spiro atoms. The topological polar surface area (TPSA) is 430 Å². The average Bonchev–Trinajstić information content (AvgIpc) is 1.62. The van der Waals surface area contributed by atoms with E-state index in [1.807, 2.05) is 60.7 Å². The lowest BCUT2D eigenvalue weighted by molar-refractivity contribution is -0.206. The van der Waals surface area contributed by atoms with Crippen LogP contribution in [0.4, 0.5) is 22.0 Å². The lowest BCUT2D eigenvalue weighted by Gasteiger charge is -2.28. The van der Waals surface area contributed by atoms with E-state index < -0.39 is 210 Å². The summed E-state index contributed by atoms with van der Waals surface area (Å²) in [6.07, 6.45) is -1.94. The second kappa shape index (κ2) is 41.5. The first-order valence-electron chi connectivity index (χ1n) is 38.2. The number of hydrogen-bond acceptors (Lipinski definition) is 24. The van der Waals surface area contributed by atoms with Crippen molar-refractivity contribution in [2.75, 3.05) is 33.4 Å². The number of carbonyl (C=O) groups is 3. The Kier molecular flexibility index (Phi) is 33.5. The molecule has 0 bridgehead atoms. The second-order valence-electron chi connectivity index (χ2n) is 29.2. The standard InChI is InChI=1S/C20H24FN5O4.C20H25FN2O5.C14H19FN2O5.C12H17FN2O4.C12H19FO5/c1-3-20(12-21)14(2)17(23-24-22)18(30-20)25-10-9-16(27)26(19(25)28)13-29-11-15-7-5-4-6-8-15;1-3-20(12-21)14(2)17(25)18(28-20)22-10-9-16(24)23(19(22)26)13-27-11-15-7-5-4-6-8-15;1-4-14(7-15)8(2)11(21-9(3)18)12(22-14)17-6-5-10(19)16-13(17)20;1-3-12(6-13)7(2)9(17)10(19-12)15-5-4-8(16)14-11(15)18;1-5-12(6-13)7(2)10(16-8(3)14)11(18-12)17-9(4)15/h4-10,14,17-18H,3,11-13H2,1-2H3;4-10,14,17-18,25H,3,11-13H2,1-2H3;5-6,8,11-12H,4,7H2,1-3H3,(H,16,19,20);4-5,7,9-10,17H,3,6H2,1-2H3,(H,14,16,18);7,10-11H,5-6H2,1-4H3/t14-,17-,18+,20-;14-,17+,18+,20-;8-,11+,12+,14-;7-,9+,10+,12-;7-,10+,11?,12-/m00000/s1. The Hall–Kier alpha value is -9.83. The van der Waals surface area contributed by atoms with Crippen LogP contribution in [-0.4, -0.2) is 164 Å². The molecular formula is C78H104F5N11O23. The molecule has 5 aliphatic heterocycles. The van der Waals surface area contributed by atoms with Gasteiger partial charge in [0.2, 0.25) is 6.29 Å². The molecule has 4 N–H and O–H groups in total. The van der Waals surface area contributed by atoms with Crippen LogP contribution in [0.15, 0.2) is 153 Å². The smallest absolute Gasteiger partial charge is 0.335 e. The zero-order valence-electron chi connectivity index (χ0n) is 67.3. The van der Waals surface area contributed by atoms with Crippen LogP contribution < -0.4 is 45.0 Å². The Morgan fingerprint density at radius 1 is 0.453 bits per heavy atom. The van der Waals surface area contributed by atoms with Crippen molar-refractivity contribution in [2.45, 2.75) is 238 Å². The first-order valence-corrected chi connectivity index (χ1v) is 38.2. The SMILES string of the molecule is CC[C@@]1(CF)OC(OC(C)=O)[C@H](OC(C)=O)[C@@H]1C.CC[C@@]1(CF)O[C@@H](n2ccc(=O)[nH]c2=O)[C@H](O)[C@@H]1C.CC[C@@]1(CF)O[C@@H](n2ccc(=O)[nH]c2=O)[C@H](OC(C)=O)[C@@H]1C.CC[C@@]1(CF)O[C@@H](n2ccc(=O)n(COCc3ccccc3)c2=O)[C@@H](N=[N+]=[N-])[C@@H]1C.CC[C@@]1(CF)O[C@@H](n2ccc(=O)n(COCc3ccccc3)c2=O)[C@H](O)[C@@H]1C. The average molecular weight is 1660 g/mol. The summed E-state index contributed by atoms with van der Waals surface area (Å²) < 4.78 is 129. The van der Waals surface area contributed by atoms with Crippen molar-refractivity contribution in [1.29, 1.82) is 0 Å². The van der Waals surface area contributed by atoms with Crippen molar-refractivity contribution in [2.24, 2.45) is 34.7 Å². The minimum atomic E-state index is -1.17. The van der Waals surface area contributed by atoms with Gasteiger partial charge in [0.05, 0.1) is 19.3 Å². The number of nitrogens with one attached hydrogen (secondary N) is 2. The van der Waals surface area contributed by atoms with Crippen LogP contribution in [0.2, 0.25) is 0 Å². The molecule has 0 aliphatic carbocycles. The molecule has 644 valence electrons. The number of aliphatic hydroxyl groups is 2. The third-order valence-electron chi connectivity index (χ3n) is 22.7. The molecule has 5 saturated heterocycles. The molecule has 0 saturated carbocycles. The van der Waals surface area contributed by atoms with Crippen LogP contribution >= 0.6 is 0 Å². The highest BCUT2D eigenvalue weighted by atomic mass is 19.1. The minimum absolute atomic E-state index is 0.223. The summed E-state index contributed by atoms with van der Waals surface area (Å²) in [6.45, 7) is 17.3. The predicted molar refractivity (Wildman–Crippen MR) is 409 cm³/mol. The maximum absolute atomic E-state index is 13.9. The quantitative estimate of drug-likeness (QED) is 0.0102. The lowest BCUT2D eigenvalue weighted by Crippen LogP contribution is -2.43. The van der Waals surface area contributed by atoms with Crippen molar-refractivity contribution in [3.8, 4) is 0 Å². The molecule has 9 heterocycles. The van der Waals surface area contributed by atoms with Gasteiger partial charge in [0.15, 0.2) is 30.9 Å². The van der Waals surface area contributed by atoms with Crippen molar-refractivity contribution in [1.82, 2.24) is 37.4 Å². The van der Waals surface area contributed by atoms with Crippen LogP contribution in [0.5, 0.6) is 0 Å². The third kappa shape index (κ3) is 21.0. The molecular weight excluding hydrogens is 1550 g/mol. The fourth-order valence-corrected chi connectivity index (χ4v) is 14.7. The monoisotopic (exact) mass is 1660 g/mol. The Morgan fingerprint density at radius 3 is 1.16 bits per heavy atom. The van der Waals surface area contributed by atoms with Crippen LogP contribution in [-0.2, 0) is 88.4 Å². The molecule has 0 radical (unpaired) electrons. The van der Waals surface area contributed by atoms with Crippen LogP contribution in [0.1, 0.15) is 158 Å². The number of aromatic amines is 2. The number of aliphatic hydroxyl groups excluding tert-OH is 2. The summed E-state index contributed by atoms with van der Waals surface area (Å²) in [5, 5.41) is 24.5. The first kappa shape index (κ1) is 94.3. The second-order valence-corrected chi connectivity index (χ2v) is 29.2. The largest absolute Gasteiger partial charge is 0.457 e. The molecule has 4 aromatic heterocycles. The summed E-state index contributed by atoms with van der Waals surface area (Å²) in [4.78, 5) is 136. The molecule has 34 nitrogen and oxygen atoms in total. The van der Waals surface area contributed by atoms with E-state index in [-0.39, 0.29) is 32.6 Å². The van der Waals surface area contributed by atoms with Gasteiger partial charge in [-0.05, 0) is 48.8 Å². The Labute approximate surface area is 667 Å². The van der Waals surface area contributed by atoms with Gasteiger partial charge < -0.3 is 57.6 Å². The van der Waals surface area contributed by atoms with Crippen LogP contribution in [0.3, 0.4) is 0 Å². The van der Waals surface area contributed by atoms with E-state index in [9.17, 15) is 84.9 Å². The molecule has 11 rings (SSSR count). The normalized spacial score (nSPS) is 30.0. The molecule has 6 aromatic rings. The van der Waals surface area contributed by atoms with E-state index in [2.05, 4.69) is 20.0 Å². The number of nitrogens with zero attached hydrogens (tertiary/aromatic N) is 9. The van der Waals surface area contributed by atoms with E-state index in [1.165, 1.54) is 57.7 Å². The van der Waals surface area contributed by atoms with Gasteiger partial charge in [-0.25, -0.2) is 50.3 Å². The summed E-state index contributed by atoms with van der Waals surface area (Å²) >= 11 is 0. The number of hydrogen-bond donors (Lipinski definition) is 4. The van der Waals surface area contributed by atoms with Crippen LogP contribution in [0.25, 0.3) is 10.4 Å². The predicted octanol–water partition coefficient (Wildman–Crippen LogP) is 7.50. The molecule has 5 fully saturated rings. The van der Waals surface area contributed by atoms with E-state index in [0.29, 0.717) is 32.1 Å². The molecule has 39 heteroatoms. The number of halogens is 5. The highest BCUT2D eigenvalue weighted by Gasteiger charge is 2.58. The van der Waals surface area contributed by atoms with Gasteiger partial charge in [-0.3, -0.25) is 61.8 Å². The van der Waals surface area contributed by atoms with Gasteiger partial charge in [0.1, 0.15) is 93.3 Å². The summed E-state index contributed by atoms with van der Waals surface area (Å²) in [5.41, 5.74) is 0.233. The number of rotatable bonds is 26. The number of benzene rings is 2. The van der Waals surface area contributed by atoms with E-state index >= 15 is 0 Å². The molecule has 5 aliphatic rings. The number of carbonyl (C=O) groups excluding carboxylic acids is 3. The number of azide groups is 1. The number of ether oxygens (including phenoxy) is 10. The zero-order valence-corrected chi connectivity index (χ0v) is 67.3. The van der Waals surface area contributed by atoms with Crippen molar-refractivity contribution in [3.05, 3.63) is 215 Å². The van der Waals surface area contributed by atoms with E-state index in [0.717, 1.165) is 50.7 Å². The van der Waals surface area contributed by atoms with Gasteiger partial charge in [-0.2, -0.15) is 0 Å². The van der Waals surface area contributed by atoms with Gasteiger partial charge in [0.25, 0.3) is 22.2 Å². The van der Waals surface area contributed by atoms with Gasteiger partial charge in [-0.15, -0.1) is 0 Å². The Morgan fingerprint density at radius 2 is 0.786 bits per heavy atom. The third-order valence-corrected chi connectivity index (χ3v) is 22.7. The minimum Gasteiger partial charge on any atom is -0.457 e. The first-order chi connectivity index (χ1) is 55.5. The highest BCUT2D eigenvalue weighted by Crippen LogP contribution is 2.48. The highest BCUT2D eigenvalue weighted by molar-refractivity contribution is 5.67. The number of H-pyrrole nitrogens is 2. The summed E-state index contributed by atoms with van der Waals surface area (Å²) in [6, 6.07) is 22.6. The lowest BCUT2D eigenvalue weighted by atomic mass is 9.85. The number of esters is 3. The van der Waals surface area contributed by atoms with Crippen LogP contribution in [0, 0.1) is 29.6 Å². The van der Waals surface area contributed by atoms with Gasteiger partial charge >= 0.3 is 40.7 Å². The molecule has 2 aromatic carbocycles. The Bertz CT molecular complexity index is 4840. The van der Waals surface area contributed by atoms with Crippen molar-refractivity contribution >= 4 is 17.9 Å². The molecule has 0 amide bonds. The summed E-state index contributed by atoms with van der Waals surface area (Å²) in [5.74, 6) is -3.88. The van der Waals surface area contributed by atoms with Crippen molar-refractivity contribution in [3.63, 3.8) is 0 Å². The van der Waals surface area contributed by atoms with Crippen molar-refractivity contribution < 1.29 is 93.9 Å². The van der Waals surface area contributed by atoms with E-state index in [4.69, 9.17) is 52.9 Å². The van der Waals surface area contributed by atoms with Gasteiger partial charge in [-0.1, -0.05) is 135 Å². The van der Waals surface area contributed by atoms with Gasteiger partial charge in [0, 0.05) is 104 Å². The molecule has 20 atom stereocenters. The van der Waals surface area contributed by atoms with E-state index in [1.54, 1.807) is 69.2 Å². The molecule has 117 heavy (non-hydrogen) atoms.